The van der Waals surface area contributed by atoms with Crippen LogP contribution in [0.25, 0.3) is 0 Å². The van der Waals surface area contributed by atoms with Crippen molar-refractivity contribution in [3.63, 3.8) is 0 Å². The highest BCUT2D eigenvalue weighted by Crippen LogP contribution is 2.26. The van der Waals surface area contributed by atoms with E-state index in [0.717, 1.165) is 0 Å². The maximum atomic E-state index is 2.43. The first-order chi connectivity index (χ1) is 15.1. The van der Waals surface area contributed by atoms with Crippen LogP contribution in [0.5, 0.6) is 0 Å². The first-order valence-corrected chi connectivity index (χ1v) is 16.1. The third-order valence-electron chi connectivity index (χ3n) is 7.03. The topological polar surface area (TPSA) is 0 Å². The van der Waals surface area contributed by atoms with E-state index in [1.807, 2.05) is 0 Å². The van der Waals surface area contributed by atoms with Gasteiger partial charge in [-0.3, -0.25) is 0 Å². The van der Waals surface area contributed by atoms with Crippen molar-refractivity contribution in [3.05, 3.63) is 0 Å². The molecule has 0 aliphatic rings. The van der Waals surface area contributed by atoms with Gasteiger partial charge in [-0.25, -0.2) is 0 Å². The second-order valence-corrected chi connectivity index (χ2v) is 14.5. The second-order valence-electron chi connectivity index (χ2n) is 11.8. The van der Waals surface area contributed by atoms with Crippen molar-refractivity contribution in [2.45, 2.75) is 192 Å². The van der Waals surface area contributed by atoms with Crippen LogP contribution in [0, 0.1) is 0 Å². The van der Waals surface area contributed by atoms with Crippen molar-refractivity contribution in [3.8, 4) is 0 Å². The van der Waals surface area contributed by atoms with Gasteiger partial charge >= 0.3 is 0 Å². The molecule has 1 heteroatoms. The van der Waals surface area contributed by atoms with Crippen LogP contribution in [0.1, 0.15) is 188 Å². The van der Waals surface area contributed by atoms with Crippen LogP contribution in [0.15, 0.2) is 0 Å². The summed E-state index contributed by atoms with van der Waals surface area (Å²) in [5.41, 5.74) is 0. The second kappa shape index (κ2) is 25.2. The van der Waals surface area contributed by atoms with E-state index in [9.17, 15) is 0 Å². The fourth-order valence-corrected chi connectivity index (χ4v) is 5.15. The average Bonchev–Trinajstić information content (AvgIpc) is 2.73. The lowest BCUT2D eigenvalue weighted by Gasteiger charge is -2.17. The van der Waals surface area contributed by atoms with Gasteiger partial charge in [-0.2, -0.15) is 0 Å². The highest BCUT2D eigenvalue weighted by atomic mass is 27.0. The largest absolute Gasteiger partial charge is 0.220 e. The summed E-state index contributed by atoms with van der Waals surface area (Å²) in [5, 5.41) is 0. The maximum Gasteiger partial charge on any atom is 0.220 e. The van der Waals surface area contributed by atoms with E-state index in [1.54, 1.807) is 0 Å². The lowest BCUT2D eigenvalue weighted by atomic mass is 10.0. The normalized spacial score (nSPS) is 12.0. The zero-order valence-electron chi connectivity index (χ0n) is 22.9. The molecule has 0 saturated heterocycles. The lowest BCUT2D eigenvalue weighted by molar-refractivity contribution is 0.507. The summed E-state index contributed by atoms with van der Waals surface area (Å²) in [6.45, 7) is 7.16. The zero-order chi connectivity index (χ0) is 22.9. The SMILES string of the molecule is CCCCCCCCCCCCCCCCCCCCCCCCCCC[C](C)(C)[AlH2]. The summed E-state index contributed by atoms with van der Waals surface area (Å²) in [6.07, 6.45) is 38.5. The van der Waals surface area contributed by atoms with Crippen LogP contribution in [0.2, 0.25) is 4.28 Å². The number of hydrogen-bond acceptors (Lipinski definition) is 0. The predicted octanol–water partition coefficient (Wildman–Crippen LogP) is 11.0. The Hall–Kier alpha value is 0.532. The molecular formula is C30H63Al. The summed E-state index contributed by atoms with van der Waals surface area (Å²) in [5.74, 6) is 0. The maximum absolute atomic E-state index is 2.43. The Balaban J connectivity index is 3.02. The van der Waals surface area contributed by atoms with Gasteiger partial charge in [0.15, 0.2) is 0 Å². The van der Waals surface area contributed by atoms with Crippen molar-refractivity contribution in [2.75, 3.05) is 0 Å². The van der Waals surface area contributed by atoms with E-state index in [-0.39, 0.29) is 0 Å². The number of unbranched alkanes of at least 4 members (excludes halogenated alkanes) is 24. The van der Waals surface area contributed by atoms with E-state index in [0.29, 0.717) is 4.28 Å². The molecule has 0 N–H and O–H groups in total. The molecule has 31 heavy (non-hydrogen) atoms. The van der Waals surface area contributed by atoms with Gasteiger partial charge in [0.2, 0.25) is 16.3 Å². The summed E-state index contributed by atoms with van der Waals surface area (Å²) in [4.78, 5) is 0. The molecule has 0 spiro atoms. The minimum atomic E-state index is 0.673. The molecule has 0 aliphatic heterocycles. The number of hydrogen-bond donors (Lipinski definition) is 0. The third kappa shape index (κ3) is 30.5. The van der Waals surface area contributed by atoms with Crippen molar-refractivity contribution in [2.24, 2.45) is 0 Å². The average molecular weight is 451 g/mol. The summed E-state index contributed by atoms with van der Waals surface area (Å²) in [7, 11) is 0. The molecule has 0 fully saturated rings. The Labute approximate surface area is 207 Å². The Morgan fingerprint density at radius 3 is 0.742 bits per heavy atom. The van der Waals surface area contributed by atoms with E-state index in [1.165, 1.54) is 183 Å². The molecule has 0 aliphatic carbocycles. The highest BCUT2D eigenvalue weighted by molar-refractivity contribution is 6.14. The molecule has 0 amide bonds. The van der Waals surface area contributed by atoms with Crippen LogP contribution in [-0.4, -0.2) is 16.3 Å². The molecule has 186 valence electrons. The molecule has 0 aromatic heterocycles. The minimum Gasteiger partial charge on any atom is -0.0850 e. The van der Waals surface area contributed by atoms with Gasteiger partial charge in [-0.1, -0.05) is 192 Å². The number of rotatable bonds is 26. The summed E-state index contributed by atoms with van der Waals surface area (Å²) < 4.78 is 0.673. The van der Waals surface area contributed by atoms with Gasteiger partial charge in [-0.05, 0) is 0 Å². The molecule has 0 radical (unpaired) electrons. The van der Waals surface area contributed by atoms with Crippen LogP contribution >= 0.6 is 0 Å². The van der Waals surface area contributed by atoms with Gasteiger partial charge in [0.05, 0.1) is 0 Å². The molecule has 0 aromatic carbocycles. The first kappa shape index (κ1) is 31.5. The van der Waals surface area contributed by atoms with Crippen LogP contribution < -0.4 is 0 Å². The van der Waals surface area contributed by atoms with Gasteiger partial charge in [0.1, 0.15) is 0 Å². The first-order valence-electron chi connectivity index (χ1n) is 15.1. The smallest absolute Gasteiger partial charge is 0.0850 e. The molecule has 0 bridgehead atoms. The minimum absolute atomic E-state index is 0.673. The van der Waals surface area contributed by atoms with Gasteiger partial charge < -0.3 is 0 Å². The molecule has 0 aromatic rings. The van der Waals surface area contributed by atoms with Crippen molar-refractivity contribution in [1.82, 2.24) is 0 Å². The third-order valence-corrected chi connectivity index (χ3v) is 7.53. The van der Waals surface area contributed by atoms with E-state index < -0.39 is 0 Å². The highest BCUT2D eigenvalue weighted by Gasteiger charge is 2.08. The Morgan fingerprint density at radius 1 is 0.355 bits per heavy atom. The van der Waals surface area contributed by atoms with Crippen LogP contribution in [-0.2, 0) is 0 Å². The van der Waals surface area contributed by atoms with Crippen LogP contribution in [0.4, 0.5) is 0 Å². The molecule has 0 heterocycles. The molecular weight excluding hydrogens is 387 g/mol. The van der Waals surface area contributed by atoms with E-state index in [4.69, 9.17) is 0 Å². The predicted molar refractivity (Wildman–Crippen MR) is 148 cm³/mol. The molecule has 0 nitrogen and oxygen atoms in total. The van der Waals surface area contributed by atoms with E-state index in [2.05, 4.69) is 20.8 Å². The summed E-state index contributed by atoms with van der Waals surface area (Å²) >= 11 is 1.35. The standard InChI is InChI=1S/C30H61.Al.2H/c1-4-5-6-7-8-9-10-11-12-13-14-15-16-17-18-19-20-21-22-23-24-25-26-27-28-29-30(2)3;;;/h4-29H2,1-3H3;;;. The van der Waals surface area contributed by atoms with E-state index >= 15 is 0 Å². The van der Waals surface area contributed by atoms with Gasteiger partial charge in [0, 0.05) is 0 Å². The van der Waals surface area contributed by atoms with Crippen molar-refractivity contribution in [1.29, 1.82) is 0 Å². The molecule has 0 atom stereocenters. The molecule has 0 rings (SSSR count). The quantitative estimate of drug-likeness (QED) is 0.0907. The molecule has 0 unspecified atom stereocenters. The lowest BCUT2D eigenvalue weighted by Crippen LogP contribution is -2.01. The van der Waals surface area contributed by atoms with Gasteiger partial charge in [0.25, 0.3) is 0 Å². The van der Waals surface area contributed by atoms with Crippen LogP contribution in [0.3, 0.4) is 0 Å². The Bertz CT molecular complexity index is 317. The summed E-state index contributed by atoms with van der Waals surface area (Å²) in [6, 6.07) is 0. The monoisotopic (exact) mass is 450 g/mol. The molecule has 0 saturated carbocycles. The van der Waals surface area contributed by atoms with Crippen molar-refractivity contribution < 1.29 is 0 Å². The Morgan fingerprint density at radius 2 is 0.548 bits per heavy atom. The van der Waals surface area contributed by atoms with Gasteiger partial charge in [-0.15, -0.1) is 0 Å². The van der Waals surface area contributed by atoms with Crippen molar-refractivity contribution >= 4 is 16.3 Å². The fraction of sp³-hybridized carbons (Fsp3) is 1.00. The zero-order valence-corrected chi connectivity index (χ0v) is 24.9. The fourth-order valence-electron chi connectivity index (χ4n) is 4.79. The Kier molecular flexibility index (Phi) is 25.6.